The topological polar surface area (TPSA) is 50.9 Å². The third-order valence-electron chi connectivity index (χ3n) is 2.51. The van der Waals surface area contributed by atoms with Gasteiger partial charge in [0.2, 0.25) is 5.91 Å². The van der Waals surface area contributed by atoms with Crippen LogP contribution in [0.2, 0.25) is 0 Å². The van der Waals surface area contributed by atoms with Gasteiger partial charge in [0.1, 0.15) is 6.10 Å². The van der Waals surface area contributed by atoms with Crippen molar-refractivity contribution in [1.29, 1.82) is 0 Å². The fourth-order valence-corrected chi connectivity index (χ4v) is 1.57. The summed E-state index contributed by atoms with van der Waals surface area (Å²) in [6.45, 7) is 8.14. The molecule has 1 aliphatic heterocycles. The average Bonchev–Trinajstić information content (AvgIpc) is 2.97. The number of nitrogens with one attached hydrogen (secondary N) is 1. The molecule has 0 aromatic rings. The molecule has 1 aliphatic rings. The summed E-state index contributed by atoms with van der Waals surface area (Å²) in [5.41, 5.74) is 0. The predicted octanol–water partition coefficient (Wildman–Crippen LogP) is 1.96. The molecule has 4 nitrogen and oxygen atoms in total. The molecule has 1 heterocycles. The fourth-order valence-electron chi connectivity index (χ4n) is 1.57. The van der Waals surface area contributed by atoms with Crippen LogP contribution in [0.25, 0.3) is 0 Å². The van der Waals surface area contributed by atoms with Crippen molar-refractivity contribution < 1.29 is 14.3 Å². The third kappa shape index (κ3) is 3.32. The monoisotopic (exact) mass is 227 g/mol. The molecule has 0 bridgehead atoms. The third-order valence-corrected chi connectivity index (χ3v) is 2.51. The second-order valence-corrected chi connectivity index (χ2v) is 3.96. The van der Waals surface area contributed by atoms with Crippen molar-refractivity contribution >= 4 is 5.91 Å². The van der Waals surface area contributed by atoms with Crippen LogP contribution in [0, 0.1) is 0 Å². The Bertz CT molecular complexity index is 255. The number of rotatable bonds is 8. The number of carbonyl (C=O) groups excluding carboxylic acids is 1. The molecule has 2 atom stereocenters. The molecule has 0 aromatic carbocycles. The van der Waals surface area contributed by atoms with E-state index in [-0.39, 0.29) is 12.0 Å². The first-order valence-electron chi connectivity index (χ1n) is 5.94. The zero-order valence-corrected chi connectivity index (χ0v) is 10.1. The van der Waals surface area contributed by atoms with Crippen LogP contribution < -0.4 is 5.32 Å². The van der Waals surface area contributed by atoms with Crippen LogP contribution >= 0.6 is 0 Å². The summed E-state index contributed by atoms with van der Waals surface area (Å²) >= 11 is 0. The van der Waals surface area contributed by atoms with Gasteiger partial charge in [0, 0.05) is 0 Å². The van der Waals surface area contributed by atoms with E-state index < -0.39 is 5.91 Å². The Labute approximate surface area is 97.0 Å². The smallest absolute Gasteiger partial charge is 0.280 e. The molecule has 0 radical (unpaired) electrons. The minimum Gasteiger partial charge on any atom is -0.331 e. The molecule has 16 heavy (non-hydrogen) atoms. The highest BCUT2D eigenvalue weighted by molar-refractivity contribution is 5.87. The van der Waals surface area contributed by atoms with Gasteiger partial charge in [-0.25, -0.2) is 0 Å². The Hall–Kier alpha value is -0.870. The molecule has 0 aliphatic carbocycles. The predicted molar refractivity (Wildman–Crippen MR) is 61.7 cm³/mol. The van der Waals surface area contributed by atoms with Gasteiger partial charge >= 0.3 is 0 Å². The molecule has 1 saturated heterocycles. The van der Waals surface area contributed by atoms with Crippen molar-refractivity contribution in [3.8, 4) is 0 Å². The summed E-state index contributed by atoms with van der Waals surface area (Å²) < 4.78 is 11.0. The maximum absolute atomic E-state index is 11.3. The van der Waals surface area contributed by atoms with Crippen molar-refractivity contribution in [2.24, 2.45) is 0 Å². The van der Waals surface area contributed by atoms with Crippen molar-refractivity contribution in [3.63, 3.8) is 0 Å². The Kier molecular flexibility index (Phi) is 4.96. The zero-order valence-electron chi connectivity index (χ0n) is 10.1. The molecular formula is C12H21NO3. The Balaban J connectivity index is 2.45. The molecule has 0 saturated carbocycles. The maximum Gasteiger partial charge on any atom is 0.280 e. The van der Waals surface area contributed by atoms with E-state index in [4.69, 9.17) is 9.47 Å². The van der Waals surface area contributed by atoms with Crippen molar-refractivity contribution in [1.82, 2.24) is 5.32 Å². The molecule has 1 N–H and O–H groups in total. The van der Waals surface area contributed by atoms with Crippen LogP contribution in [-0.4, -0.2) is 24.5 Å². The lowest BCUT2D eigenvalue weighted by molar-refractivity contribution is -0.129. The summed E-state index contributed by atoms with van der Waals surface area (Å²) in [5.74, 6) is -1.13. The average molecular weight is 227 g/mol. The van der Waals surface area contributed by atoms with E-state index in [1.807, 2.05) is 6.92 Å². The Morgan fingerprint density at radius 2 is 2.31 bits per heavy atom. The van der Waals surface area contributed by atoms with Crippen LogP contribution in [0.15, 0.2) is 12.7 Å². The van der Waals surface area contributed by atoms with Gasteiger partial charge in [-0.1, -0.05) is 33.3 Å². The van der Waals surface area contributed by atoms with Crippen LogP contribution in [0.4, 0.5) is 0 Å². The van der Waals surface area contributed by atoms with E-state index in [1.165, 1.54) is 6.08 Å². The summed E-state index contributed by atoms with van der Waals surface area (Å²) in [4.78, 5) is 11.3. The molecule has 0 spiro atoms. The number of unbranched alkanes of at least 4 members (excludes halogenated alkanes) is 1. The highest BCUT2D eigenvalue weighted by atomic mass is 16.8. The normalized spacial score (nSPS) is 27.5. The number of epoxide rings is 1. The zero-order chi connectivity index (χ0) is 12.0. The van der Waals surface area contributed by atoms with E-state index in [1.54, 1.807) is 0 Å². The van der Waals surface area contributed by atoms with E-state index in [0.717, 1.165) is 25.7 Å². The minimum absolute atomic E-state index is 0.0112. The van der Waals surface area contributed by atoms with E-state index in [2.05, 4.69) is 18.8 Å². The van der Waals surface area contributed by atoms with Gasteiger partial charge in [-0.2, -0.15) is 0 Å². The Morgan fingerprint density at radius 1 is 1.56 bits per heavy atom. The van der Waals surface area contributed by atoms with Gasteiger partial charge < -0.3 is 9.47 Å². The van der Waals surface area contributed by atoms with Crippen LogP contribution in [0.3, 0.4) is 0 Å². The van der Waals surface area contributed by atoms with Crippen LogP contribution in [-0.2, 0) is 14.3 Å². The number of ether oxygens (including phenoxy) is 2. The SMILES string of the molecule is C=CC(=O)NC1(OCCC)OC1CCCC. The van der Waals surface area contributed by atoms with E-state index >= 15 is 0 Å². The molecule has 92 valence electrons. The highest BCUT2D eigenvalue weighted by Crippen LogP contribution is 2.38. The van der Waals surface area contributed by atoms with Crippen LogP contribution in [0.5, 0.6) is 0 Å². The lowest BCUT2D eigenvalue weighted by Crippen LogP contribution is -2.41. The molecular weight excluding hydrogens is 206 g/mol. The summed E-state index contributed by atoms with van der Waals surface area (Å²) in [6, 6.07) is 0. The maximum atomic E-state index is 11.3. The van der Waals surface area contributed by atoms with Crippen molar-refractivity contribution in [3.05, 3.63) is 12.7 Å². The van der Waals surface area contributed by atoms with Crippen LogP contribution in [0.1, 0.15) is 39.5 Å². The number of amides is 1. The molecule has 4 heteroatoms. The van der Waals surface area contributed by atoms with Crippen molar-refractivity contribution in [2.75, 3.05) is 6.61 Å². The highest BCUT2D eigenvalue weighted by Gasteiger charge is 2.58. The van der Waals surface area contributed by atoms with E-state index in [0.29, 0.717) is 6.61 Å². The summed E-state index contributed by atoms with van der Waals surface area (Å²) in [7, 11) is 0. The number of carbonyl (C=O) groups is 1. The lowest BCUT2D eigenvalue weighted by atomic mass is 10.2. The first-order chi connectivity index (χ1) is 7.68. The Morgan fingerprint density at radius 3 is 2.88 bits per heavy atom. The summed E-state index contributed by atoms with van der Waals surface area (Å²) in [5, 5.41) is 2.71. The minimum atomic E-state index is -0.879. The van der Waals surface area contributed by atoms with Gasteiger partial charge in [0.05, 0.1) is 6.61 Å². The van der Waals surface area contributed by atoms with Crippen molar-refractivity contribution in [2.45, 2.75) is 51.5 Å². The first kappa shape index (κ1) is 13.2. The standard InChI is InChI=1S/C12H21NO3/c1-4-7-8-10-12(16-10,15-9-5-2)13-11(14)6-3/h6,10H,3-5,7-9H2,1-2H3,(H,13,14). The molecule has 1 fully saturated rings. The lowest BCUT2D eigenvalue weighted by Gasteiger charge is -2.14. The second-order valence-electron chi connectivity index (χ2n) is 3.96. The van der Waals surface area contributed by atoms with Gasteiger partial charge in [-0.05, 0) is 18.9 Å². The summed E-state index contributed by atoms with van der Waals surface area (Å²) in [6.07, 6.45) is 5.22. The number of hydrogen-bond donors (Lipinski definition) is 1. The first-order valence-corrected chi connectivity index (χ1v) is 5.94. The molecule has 0 aromatic heterocycles. The van der Waals surface area contributed by atoms with Gasteiger partial charge in [-0.3, -0.25) is 10.1 Å². The number of hydrogen-bond acceptors (Lipinski definition) is 3. The molecule has 1 rings (SSSR count). The molecule has 1 amide bonds. The quantitative estimate of drug-likeness (QED) is 0.392. The fraction of sp³-hybridized carbons (Fsp3) is 0.750. The van der Waals surface area contributed by atoms with Gasteiger partial charge in [-0.15, -0.1) is 0 Å². The largest absolute Gasteiger partial charge is 0.331 e. The van der Waals surface area contributed by atoms with Gasteiger partial charge in [0.15, 0.2) is 0 Å². The van der Waals surface area contributed by atoms with Gasteiger partial charge in [0.25, 0.3) is 5.91 Å². The molecule has 2 unspecified atom stereocenters. The van der Waals surface area contributed by atoms with E-state index in [9.17, 15) is 4.79 Å². The second kappa shape index (κ2) is 6.01.